The molecule has 0 saturated heterocycles. The van der Waals surface area contributed by atoms with Crippen molar-refractivity contribution in [3.8, 4) is 11.3 Å². The molecule has 1 aliphatic rings. The van der Waals surface area contributed by atoms with Gasteiger partial charge < -0.3 is 5.32 Å². The lowest BCUT2D eigenvalue weighted by Crippen LogP contribution is -2.24. The van der Waals surface area contributed by atoms with Crippen LogP contribution in [0.3, 0.4) is 0 Å². The molecule has 0 fully saturated rings. The molecular weight excluding hydrogens is 278 g/mol. The Balaban J connectivity index is 1.84. The number of carbonyl (C=O) groups excluding carboxylic acids is 1. The molecule has 1 aromatic carbocycles. The van der Waals surface area contributed by atoms with Crippen molar-refractivity contribution >= 4 is 11.7 Å². The van der Waals surface area contributed by atoms with Gasteiger partial charge in [0, 0.05) is 30.5 Å². The summed E-state index contributed by atoms with van der Waals surface area (Å²) in [6, 6.07) is 10.0. The maximum atomic E-state index is 12.0. The Bertz CT molecular complexity index is 833. The van der Waals surface area contributed by atoms with Crippen molar-refractivity contribution in [2.24, 2.45) is 7.05 Å². The fourth-order valence-electron chi connectivity index (χ4n) is 3.01. The van der Waals surface area contributed by atoms with E-state index < -0.39 is 0 Å². The topological polar surface area (TPSA) is 75.6 Å². The Kier molecular flexibility index (Phi) is 2.82. The Hall–Kier alpha value is -2.89. The Labute approximate surface area is 127 Å². The zero-order chi connectivity index (χ0) is 15.1. The molecule has 6 nitrogen and oxygen atoms in total. The van der Waals surface area contributed by atoms with E-state index in [-0.39, 0.29) is 11.8 Å². The maximum absolute atomic E-state index is 12.0. The van der Waals surface area contributed by atoms with Gasteiger partial charge in [0.05, 0.1) is 18.1 Å². The molecule has 0 radical (unpaired) electrons. The van der Waals surface area contributed by atoms with Gasteiger partial charge in [-0.25, -0.2) is 0 Å². The first-order valence-corrected chi connectivity index (χ1v) is 7.14. The van der Waals surface area contributed by atoms with Crippen molar-refractivity contribution in [1.82, 2.24) is 20.0 Å². The number of nitrogens with zero attached hydrogens (tertiary/aromatic N) is 3. The van der Waals surface area contributed by atoms with Gasteiger partial charge in [-0.2, -0.15) is 10.2 Å². The lowest BCUT2D eigenvalue weighted by atomic mass is 9.86. The number of aryl methyl sites for hydroxylation is 1. The molecule has 1 aliphatic heterocycles. The van der Waals surface area contributed by atoms with Gasteiger partial charge in [-0.1, -0.05) is 30.3 Å². The van der Waals surface area contributed by atoms with Crippen LogP contribution in [0.5, 0.6) is 0 Å². The molecule has 1 unspecified atom stereocenters. The number of H-pyrrole nitrogens is 1. The number of hydrogen-bond acceptors (Lipinski definition) is 3. The second-order valence-electron chi connectivity index (χ2n) is 5.44. The smallest absolute Gasteiger partial charge is 0.226 e. The summed E-state index contributed by atoms with van der Waals surface area (Å²) in [5.41, 5.74) is 4.07. The molecular formula is C16H15N5O. The van der Waals surface area contributed by atoms with Crippen molar-refractivity contribution in [1.29, 1.82) is 0 Å². The highest BCUT2D eigenvalue weighted by Gasteiger charge is 2.31. The summed E-state index contributed by atoms with van der Waals surface area (Å²) in [5, 5.41) is 14.4. The molecule has 0 saturated carbocycles. The largest absolute Gasteiger partial charge is 0.311 e. The number of aromatic nitrogens is 4. The Morgan fingerprint density at radius 1 is 1.18 bits per heavy atom. The van der Waals surface area contributed by atoms with Crippen molar-refractivity contribution < 1.29 is 4.79 Å². The molecule has 3 heterocycles. The van der Waals surface area contributed by atoms with Crippen molar-refractivity contribution in [3.63, 3.8) is 0 Å². The summed E-state index contributed by atoms with van der Waals surface area (Å²) in [6.07, 6.45) is 4.03. The minimum absolute atomic E-state index is 0.00121. The van der Waals surface area contributed by atoms with Gasteiger partial charge in [0.1, 0.15) is 5.82 Å². The van der Waals surface area contributed by atoms with Crippen LogP contribution < -0.4 is 5.32 Å². The van der Waals surface area contributed by atoms with E-state index in [1.165, 1.54) is 0 Å². The molecule has 2 aromatic heterocycles. The summed E-state index contributed by atoms with van der Waals surface area (Å²) in [7, 11) is 1.83. The third-order valence-electron chi connectivity index (χ3n) is 4.10. The summed E-state index contributed by atoms with van der Waals surface area (Å²) < 4.78 is 1.70. The van der Waals surface area contributed by atoms with E-state index >= 15 is 0 Å². The first kappa shape index (κ1) is 12.8. The van der Waals surface area contributed by atoms with E-state index in [2.05, 4.69) is 20.6 Å². The third kappa shape index (κ3) is 1.92. The SMILES string of the molecule is Cn1ncc2c1NC(=O)CC2c1cn[nH]c1-c1ccccc1. The minimum Gasteiger partial charge on any atom is -0.311 e. The van der Waals surface area contributed by atoms with Gasteiger partial charge >= 0.3 is 0 Å². The molecule has 1 atom stereocenters. The van der Waals surface area contributed by atoms with Gasteiger partial charge in [0.25, 0.3) is 0 Å². The highest BCUT2D eigenvalue weighted by Crippen LogP contribution is 2.39. The zero-order valence-electron chi connectivity index (χ0n) is 12.1. The predicted molar refractivity (Wildman–Crippen MR) is 82.3 cm³/mol. The predicted octanol–water partition coefficient (Wildman–Crippen LogP) is 2.28. The normalized spacial score (nSPS) is 17.1. The van der Waals surface area contributed by atoms with Crippen LogP contribution in [0.25, 0.3) is 11.3 Å². The van der Waals surface area contributed by atoms with E-state index in [0.29, 0.717) is 6.42 Å². The Morgan fingerprint density at radius 3 is 2.82 bits per heavy atom. The number of benzene rings is 1. The molecule has 110 valence electrons. The molecule has 2 N–H and O–H groups in total. The molecule has 3 aromatic rings. The first-order chi connectivity index (χ1) is 10.7. The van der Waals surface area contributed by atoms with E-state index in [1.54, 1.807) is 4.68 Å². The third-order valence-corrected chi connectivity index (χ3v) is 4.10. The van der Waals surface area contributed by atoms with Crippen LogP contribution >= 0.6 is 0 Å². The summed E-state index contributed by atoms with van der Waals surface area (Å²) in [6.45, 7) is 0. The van der Waals surface area contributed by atoms with Crippen molar-refractivity contribution in [2.45, 2.75) is 12.3 Å². The van der Waals surface area contributed by atoms with E-state index in [1.807, 2.05) is 49.8 Å². The van der Waals surface area contributed by atoms with E-state index in [0.717, 1.165) is 28.2 Å². The van der Waals surface area contributed by atoms with Gasteiger partial charge in [-0.3, -0.25) is 14.6 Å². The summed E-state index contributed by atoms with van der Waals surface area (Å²) in [5.74, 6) is 0.731. The van der Waals surface area contributed by atoms with Crippen molar-refractivity contribution in [2.75, 3.05) is 5.32 Å². The number of rotatable bonds is 2. The van der Waals surface area contributed by atoms with Crippen LogP contribution in [0.1, 0.15) is 23.5 Å². The summed E-state index contributed by atoms with van der Waals surface area (Å²) in [4.78, 5) is 12.0. The summed E-state index contributed by atoms with van der Waals surface area (Å²) >= 11 is 0. The van der Waals surface area contributed by atoms with Crippen LogP contribution in [0.2, 0.25) is 0 Å². The number of amides is 1. The zero-order valence-corrected chi connectivity index (χ0v) is 12.1. The second-order valence-corrected chi connectivity index (χ2v) is 5.44. The molecule has 1 amide bonds. The van der Waals surface area contributed by atoms with E-state index in [9.17, 15) is 4.79 Å². The van der Waals surface area contributed by atoms with E-state index in [4.69, 9.17) is 0 Å². The number of anilines is 1. The fourth-order valence-corrected chi connectivity index (χ4v) is 3.01. The average molecular weight is 293 g/mol. The molecule has 0 aliphatic carbocycles. The molecule has 4 rings (SSSR count). The van der Waals surface area contributed by atoms with Gasteiger partial charge in [-0.15, -0.1) is 0 Å². The minimum atomic E-state index is -0.0357. The second kappa shape index (κ2) is 4.84. The van der Waals surface area contributed by atoms with Crippen molar-refractivity contribution in [3.05, 3.63) is 53.9 Å². The van der Waals surface area contributed by atoms with Crippen LogP contribution in [0.15, 0.2) is 42.7 Å². The molecule has 0 spiro atoms. The van der Waals surface area contributed by atoms with Gasteiger partial charge in [0.2, 0.25) is 5.91 Å². The molecule has 6 heteroatoms. The standard InChI is InChI=1S/C16H15N5O/c1-21-16-13(9-18-21)11(7-14(22)19-16)12-8-17-20-15(12)10-5-3-2-4-6-10/h2-6,8-9,11H,7H2,1H3,(H,17,20)(H,19,22). The quantitative estimate of drug-likeness (QED) is 0.761. The fraction of sp³-hybridized carbons (Fsp3) is 0.188. The van der Waals surface area contributed by atoms with Gasteiger partial charge in [0.15, 0.2) is 0 Å². The van der Waals surface area contributed by atoms with Crippen LogP contribution in [-0.4, -0.2) is 25.9 Å². The Morgan fingerprint density at radius 2 is 2.00 bits per heavy atom. The molecule has 22 heavy (non-hydrogen) atoms. The van der Waals surface area contributed by atoms with Crippen LogP contribution in [-0.2, 0) is 11.8 Å². The lowest BCUT2D eigenvalue weighted by molar-refractivity contribution is -0.116. The highest BCUT2D eigenvalue weighted by molar-refractivity contribution is 5.94. The number of carbonyl (C=O) groups is 1. The monoisotopic (exact) mass is 293 g/mol. The van der Waals surface area contributed by atoms with Crippen LogP contribution in [0, 0.1) is 0 Å². The molecule has 0 bridgehead atoms. The lowest BCUT2D eigenvalue weighted by Gasteiger charge is -2.23. The number of nitrogens with one attached hydrogen (secondary N) is 2. The van der Waals surface area contributed by atoms with Gasteiger partial charge in [-0.05, 0) is 5.56 Å². The van der Waals surface area contributed by atoms with Crippen LogP contribution in [0.4, 0.5) is 5.82 Å². The number of hydrogen-bond donors (Lipinski definition) is 2. The highest BCUT2D eigenvalue weighted by atomic mass is 16.1. The maximum Gasteiger partial charge on any atom is 0.226 e. The average Bonchev–Trinajstić information content (AvgIpc) is 3.15. The number of fused-ring (bicyclic) bond motifs is 1. The first-order valence-electron chi connectivity index (χ1n) is 7.14. The number of aromatic amines is 1.